The summed E-state index contributed by atoms with van der Waals surface area (Å²) in [6.45, 7) is 2.74. The van der Waals surface area contributed by atoms with Gasteiger partial charge in [-0.05, 0) is 47.4 Å². The van der Waals surface area contributed by atoms with Gasteiger partial charge in [-0.15, -0.1) is 11.3 Å². The van der Waals surface area contributed by atoms with Crippen LogP contribution < -0.4 is 10.6 Å². The summed E-state index contributed by atoms with van der Waals surface area (Å²) in [4.78, 5) is 12.5. The number of nitrogens with one attached hydrogen (secondary N) is 2. The summed E-state index contributed by atoms with van der Waals surface area (Å²) < 4.78 is 0.990. The highest BCUT2D eigenvalue weighted by Gasteiger charge is 2.08. The molecule has 0 fully saturated rings. The van der Waals surface area contributed by atoms with Crippen LogP contribution >= 0.6 is 27.3 Å². The molecule has 0 unspecified atom stereocenters. The molecule has 1 aliphatic heterocycles. The van der Waals surface area contributed by atoms with Crippen molar-refractivity contribution in [2.24, 2.45) is 0 Å². The molecule has 0 aromatic carbocycles. The molecule has 0 bridgehead atoms. The first-order valence-electron chi connectivity index (χ1n) is 5.68. The largest absolute Gasteiger partial charge is 0.351 e. The van der Waals surface area contributed by atoms with Gasteiger partial charge in [-0.2, -0.15) is 0 Å². The Labute approximate surface area is 113 Å². The zero-order valence-electron chi connectivity index (χ0n) is 9.46. The number of hydrogen-bond donors (Lipinski definition) is 2. The van der Waals surface area contributed by atoms with Crippen molar-refractivity contribution in [3.8, 4) is 0 Å². The number of carbonyl (C=O) groups excluding carboxylic acids is 1. The lowest BCUT2D eigenvalue weighted by molar-refractivity contribution is 0.0958. The molecule has 1 aliphatic rings. The van der Waals surface area contributed by atoms with Gasteiger partial charge in [0.15, 0.2) is 0 Å². The van der Waals surface area contributed by atoms with Gasteiger partial charge in [-0.1, -0.05) is 11.6 Å². The third-order valence-electron chi connectivity index (χ3n) is 2.69. The number of thiophene rings is 1. The molecule has 1 aromatic rings. The zero-order chi connectivity index (χ0) is 12.1. The van der Waals surface area contributed by atoms with Crippen LogP contribution in [0.15, 0.2) is 27.6 Å². The molecule has 1 aromatic heterocycles. The molecule has 2 N–H and O–H groups in total. The summed E-state index contributed by atoms with van der Waals surface area (Å²) in [6, 6.07) is 3.74. The Balaban J connectivity index is 1.75. The zero-order valence-corrected chi connectivity index (χ0v) is 11.9. The maximum absolute atomic E-state index is 11.7. The molecule has 17 heavy (non-hydrogen) atoms. The number of amides is 1. The van der Waals surface area contributed by atoms with Crippen LogP contribution in [0, 0.1) is 0 Å². The van der Waals surface area contributed by atoms with Gasteiger partial charge >= 0.3 is 0 Å². The van der Waals surface area contributed by atoms with Crippen LogP contribution in [-0.4, -0.2) is 25.5 Å². The van der Waals surface area contributed by atoms with Crippen molar-refractivity contribution in [2.45, 2.75) is 12.8 Å². The topological polar surface area (TPSA) is 41.1 Å². The molecule has 2 rings (SSSR count). The Morgan fingerprint density at radius 3 is 3.06 bits per heavy atom. The molecule has 2 heterocycles. The van der Waals surface area contributed by atoms with Crippen LogP contribution in [0.2, 0.25) is 0 Å². The number of halogens is 1. The van der Waals surface area contributed by atoms with Crippen LogP contribution in [-0.2, 0) is 0 Å². The van der Waals surface area contributed by atoms with Gasteiger partial charge in [0, 0.05) is 13.1 Å². The van der Waals surface area contributed by atoms with E-state index >= 15 is 0 Å². The lowest BCUT2D eigenvalue weighted by atomic mass is 10.1. The number of hydrogen-bond acceptors (Lipinski definition) is 3. The van der Waals surface area contributed by atoms with E-state index in [1.54, 1.807) is 0 Å². The summed E-state index contributed by atoms with van der Waals surface area (Å²) in [5.74, 6) is 0.0234. The molecule has 0 atom stereocenters. The fourth-order valence-corrected chi connectivity index (χ4v) is 3.06. The second kappa shape index (κ2) is 6.33. The summed E-state index contributed by atoms with van der Waals surface area (Å²) in [5.41, 5.74) is 1.44. The molecule has 3 nitrogen and oxygen atoms in total. The minimum Gasteiger partial charge on any atom is -0.351 e. The predicted octanol–water partition coefficient (Wildman–Crippen LogP) is 2.55. The van der Waals surface area contributed by atoms with Crippen LogP contribution in [0.25, 0.3) is 0 Å². The summed E-state index contributed by atoms with van der Waals surface area (Å²) in [6.07, 6.45) is 4.28. The second-order valence-corrected chi connectivity index (χ2v) is 6.39. The van der Waals surface area contributed by atoms with Gasteiger partial charge in [-0.25, -0.2) is 0 Å². The van der Waals surface area contributed by atoms with Gasteiger partial charge in [-0.3, -0.25) is 4.79 Å². The molecular weight excluding hydrogens is 300 g/mol. The Morgan fingerprint density at radius 2 is 2.41 bits per heavy atom. The minimum absolute atomic E-state index is 0.0234. The van der Waals surface area contributed by atoms with Crippen molar-refractivity contribution in [1.82, 2.24) is 10.6 Å². The normalized spacial score (nSPS) is 15.5. The SMILES string of the molecule is O=C(NCCC1=CCNCC1)c1ccc(Br)s1. The van der Waals surface area contributed by atoms with Crippen molar-refractivity contribution in [1.29, 1.82) is 0 Å². The van der Waals surface area contributed by atoms with E-state index in [9.17, 15) is 4.79 Å². The van der Waals surface area contributed by atoms with E-state index < -0.39 is 0 Å². The Hall–Kier alpha value is -0.650. The van der Waals surface area contributed by atoms with E-state index in [4.69, 9.17) is 0 Å². The van der Waals surface area contributed by atoms with Crippen molar-refractivity contribution in [3.05, 3.63) is 32.4 Å². The summed E-state index contributed by atoms with van der Waals surface area (Å²) in [7, 11) is 0. The van der Waals surface area contributed by atoms with Crippen LogP contribution in [0.4, 0.5) is 0 Å². The fourth-order valence-electron chi connectivity index (χ4n) is 1.76. The van der Waals surface area contributed by atoms with E-state index in [1.807, 2.05) is 12.1 Å². The number of rotatable bonds is 4. The molecule has 0 spiro atoms. The molecular formula is C12H15BrN2OS. The molecule has 5 heteroatoms. The Kier molecular flexibility index (Phi) is 4.76. The average molecular weight is 315 g/mol. The molecule has 1 amide bonds. The van der Waals surface area contributed by atoms with Gasteiger partial charge < -0.3 is 10.6 Å². The maximum atomic E-state index is 11.7. The lowest BCUT2D eigenvalue weighted by Crippen LogP contribution is -2.26. The molecule has 0 saturated carbocycles. The highest BCUT2D eigenvalue weighted by atomic mass is 79.9. The fraction of sp³-hybridized carbons (Fsp3) is 0.417. The van der Waals surface area contributed by atoms with E-state index in [2.05, 4.69) is 32.6 Å². The molecule has 0 saturated heterocycles. The van der Waals surface area contributed by atoms with Crippen molar-refractivity contribution in [2.75, 3.05) is 19.6 Å². The smallest absolute Gasteiger partial charge is 0.261 e. The third-order valence-corrected chi connectivity index (χ3v) is 4.31. The average Bonchev–Trinajstić information content (AvgIpc) is 2.77. The van der Waals surface area contributed by atoms with Gasteiger partial charge in [0.2, 0.25) is 0 Å². The summed E-state index contributed by atoms with van der Waals surface area (Å²) >= 11 is 4.82. The Morgan fingerprint density at radius 1 is 1.53 bits per heavy atom. The Bertz CT molecular complexity index is 428. The molecule has 0 aliphatic carbocycles. The van der Waals surface area contributed by atoms with Crippen LogP contribution in [0.3, 0.4) is 0 Å². The predicted molar refractivity (Wildman–Crippen MR) is 74.5 cm³/mol. The van der Waals surface area contributed by atoms with Crippen LogP contribution in [0.1, 0.15) is 22.5 Å². The van der Waals surface area contributed by atoms with Crippen molar-refractivity contribution < 1.29 is 4.79 Å². The lowest BCUT2D eigenvalue weighted by Gasteiger charge is -2.13. The maximum Gasteiger partial charge on any atom is 0.261 e. The van der Waals surface area contributed by atoms with E-state index in [0.717, 1.165) is 41.1 Å². The first kappa shape index (κ1) is 12.8. The van der Waals surface area contributed by atoms with E-state index in [1.165, 1.54) is 16.9 Å². The molecule has 0 radical (unpaired) electrons. The highest BCUT2D eigenvalue weighted by Crippen LogP contribution is 2.21. The quantitative estimate of drug-likeness (QED) is 0.839. The first-order chi connectivity index (χ1) is 8.25. The standard InChI is InChI=1S/C12H15BrN2OS/c13-11-2-1-10(17-11)12(16)15-8-5-9-3-6-14-7-4-9/h1-3,14H,4-8H2,(H,15,16). The highest BCUT2D eigenvalue weighted by molar-refractivity contribution is 9.11. The van der Waals surface area contributed by atoms with E-state index in [0.29, 0.717) is 0 Å². The van der Waals surface area contributed by atoms with Crippen molar-refractivity contribution >= 4 is 33.2 Å². The second-order valence-electron chi connectivity index (χ2n) is 3.93. The minimum atomic E-state index is 0.0234. The third kappa shape index (κ3) is 3.94. The van der Waals surface area contributed by atoms with Gasteiger partial charge in [0.05, 0.1) is 8.66 Å². The molecule has 92 valence electrons. The monoisotopic (exact) mass is 314 g/mol. The van der Waals surface area contributed by atoms with Crippen molar-refractivity contribution in [3.63, 3.8) is 0 Å². The van der Waals surface area contributed by atoms with Gasteiger partial charge in [0.25, 0.3) is 5.91 Å². The first-order valence-corrected chi connectivity index (χ1v) is 7.29. The number of carbonyl (C=O) groups is 1. The van der Waals surface area contributed by atoms with Crippen LogP contribution in [0.5, 0.6) is 0 Å². The summed E-state index contributed by atoms with van der Waals surface area (Å²) in [5, 5.41) is 6.22. The van der Waals surface area contributed by atoms with Gasteiger partial charge in [0.1, 0.15) is 0 Å². The van der Waals surface area contributed by atoms with E-state index in [-0.39, 0.29) is 5.91 Å².